The van der Waals surface area contributed by atoms with Crippen molar-refractivity contribution in [3.63, 3.8) is 0 Å². The summed E-state index contributed by atoms with van der Waals surface area (Å²) in [6.07, 6.45) is 0.110. The second-order valence-electron chi connectivity index (χ2n) is 6.03. The molecule has 2 aromatic carbocycles. The van der Waals surface area contributed by atoms with E-state index in [4.69, 9.17) is 4.74 Å². The molecule has 0 bridgehead atoms. The van der Waals surface area contributed by atoms with Crippen LogP contribution in [-0.4, -0.2) is 31.0 Å². The fraction of sp³-hybridized carbons (Fsp3) is 0.300. The number of hydrogen-bond acceptors (Lipinski definition) is 4. The topological polar surface area (TPSA) is 79.5 Å². The Morgan fingerprint density at radius 3 is 2.15 bits per heavy atom. The zero-order valence-electron chi connectivity index (χ0n) is 15.3. The lowest BCUT2D eigenvalue weighted by Gasteiger charge is -2.11. The quantitative estimate of drug-likeness (QED) is 0.679. The molecule has 0 aliphatic rings. The van der Waals surface area contributed by atoms with Gasteiger partial charge in [0.15, 0.2) is 0 Å². The molecule has 6 nitrogen and oxygen atoms in total. The molecule has 26 heavy (non-hydrogen) atoms. The number of anilines is 2. The summed E-state index contributed by atoms with van der Waals surface area (Å²) in [5.41, 5.74) is 2.07. The minimum atomic E-state index is -0.157. The summed E-state index contributed by atoms with van der Waals surface area (Å²) in [5.74, 6) is 0.500. The third-order valence-corrected chi connectivity index (χ3v) is 3.45. The minimum Gasteiger partial charge on any atom is -0.491 e. The number of rotatable bonds is 8. The number of hydrogen-bond donors (Lipinski definition) is 3. The Morgan fingerprint density at radius 2 is 1.58 bits per heavy atom. The van der Waals surface area contributed by atoms with E-state index in [0.29, 0.717) is 17.8 Å². The van der Waals surface area contributed by atoms with Crippen LogP contribution in [0.5, 0.6) is 5.75 Å². The van der Waals surface area contributed by atoms with Crippen molar-refractivity contribution < 1.29 is 14.3 Å². The molecule has 2 amide bonds. The van der Waals surface area contributed by atoms with Crippen LogP contribution in [0.1, 0.15) is 31.1 Å². The summed E-state index contributed by atoms with van der Waals surface area (Å²) < 4.78 is 5.57. The maximum Gasteiger partial charge on any atom is 0.251 e. The molecule has 0 aromatic heterocycles. The van der Waals surface area contributed by atoms with Crippen LogP contribution in [0.3, 0.4) is 0 Å². The Bertz CT molecular complexity index is 725. The SMILES string of the molecule is CCNC(=O)c1ccc(NCC(=O)Nc2ccc(OC(C)C)cc2)cc1. The first-order valence-electron chi connectivity index (χ1n) is 8.66. The highest BCUT2D eigenvalue weighted by Gasteiger charge is 2.06. The third-order valence-electron chi connectivity index (χ3n) is 3.45. The molecule has 0 aliphatic heterocycles. The van der Waals surface area contributed by atoms with E-state index in [-0.39, 0.29) is 24.5 Å². The molecule has 3 N–H and O–H groups in total. The normalized spacial score (nSPS) is 10.3. The van der Waals surface area contributed by atoms with Gasteiger partial charge in [0.1, 0.15) is 5.75 Å². The van der Waals surface area contributed by atoms with Crippen molar-refractivity contribution in [1.82, 2.24) is 5.32 Å². The highest BCUT2D eigenvalue weighted by atomic mass is 16.5. The number of amides is 2. The molecule has 2 rings (SSSR count). The van der Waals surface area contributed by atoms with Crippen LogP contribution in [0.15, 0.2) is 48.5 Å². The predicted octanol–water partition coefficient (Wildman–Crippen LogP) is 3.27. The zero-order valence-corrected chi connectivity index (χ0v) is 15.3. The van der Waals surface area contributed by atoms with Crippen LogP contribution in [-0.2, 0) is 4.79 Å². The molecule has 2 aromatic rings. The van der Waals surface area contributed by atoms with Gasteiger partial charge in [-0.05, 0) is 69.3 Å². The van der Waals surface area contributed by atoms with E-state index in [1.54, 1.807) is 36.4 Å². The molecule has 138 valence electrons. The maximum absolute atomic E-state index is 12.0. The largest absolute Gasteiger partial charge is 0.491 e. The molecular formula is C20H25N3O3. The fourth-order valence-electron chi connectivity index (χ4n) is 2.28. The Hall–Kier alpha value is -3.02. The molecule has 0 saturated heterocycles. The summed E-state index contributed by atoms with van der Waals surface area (Å²) in [6, 6.07) is 14.2. The molecule has 0 aliphatic carbocycles. The van der Waals surface area contributed by atoms with Crippen molar-refractivity contribution in [2.24, 2.45) is 0 Å². The summed E-state index contributed by atoms with van der Waals surface area (Å²) in [4.78, 5) is 23.7. The summed E-state index contributed by atoms with van der Waals surface area (Å²) in [5, 5.41) is 8.59. The van der Waals surface area contributed by atoms with Crippen molar-refractivity contribution in [3.05, 3.63) is 54.1 Å². The molecular weight excluding hydrogens is 330 g/mol. The molecule has 6 heteroatoms. The van der Waals surface area contributed by atoms with Gasteiger partial charge in [-0.25, -0.2) is 0 Å². The van der Waals surface area contributed by atoms with Crippen molar-refractivity contribution in [2.45, 2.75) is 26.9 Å². The van der Waals surface area contributed by atoms with Gasteiger partial charge in [-0.1, -0.05) is 0 Å². The lowest BCUT2D eigenvalue weighted by molar-refractivity contribution is -0.114. The van der Waals surface area contributed by atoms with Gasteiger partial charge in [0.25, 0.3) is 5.91 Å². The van der Waals surface area contributed by atoms with Crippen LogP contribution in [0.25, 0.3) is 0 Å². The van der Waals surface area contributed by atoms with E-state index in [2.05, 4.69) is 16.0 Å². The van der Waals surface area contributed by atoms with Crippen molar-refractivity contribution in [2.75, 3.05) is 23.7 Å². The smallest absolute Gasteiger partial charge is 0.251 e. The molecule has 0 saturated carbocycles. The molecule has 0 heterocycles. The van der Waals surface area contributed by atoms with Crippen LogP contribution >= 0.6 is 0 Å². The van der Waals surface area contributed by atoms with Crippen LogP contribution in [0.4, 0.5) is 11.4 Å². The first-order chi connectivity index (χ1) is 12.5. The Kier molecular flexibility index (Phi) is 7.02. The summed E-state index contributed by atoms with van der Waals surface area (Å²) in [6.45, 7) is 6.51. The molecule has 0 unspecified atom stereocenters. The average Bonchev–Trinajstić information content (AvgIpc) is 2.62. The van der Waals surface area contributed by atoms with E-state index in [1.807, 2.05) is 32.9 Å². The summed E-state index contributed by atoms with van der Waals surface area (Å²) in [7, 11) is 0. The lowest BCUT2D eigenvalue weighted by atomic mass is 10.2. The second kappa shape index (κ2) is 9.46. The van der Waals surface area contributed by atoms with Crippen LogP contribution in [0.2, 0.25) is 0 Å². The third kappa shape index (κ3) is 6.12. The second-order valence-corrected chi connectivity index (χ2v) is 6.03. The first kappa shape index (κ1) is 19.3. The Labute approximate surface area is 153 Å². The summed E-state index contributed by atoms with van der Waals surface area (Å²) >= 11 is 0. The number of carbonyl (C=O) groups excluding carboxylic acids is 2. The minimum absolute atomic E-state index is 0.110. The van der Waals surface area contributed by atoms with Crippen molar-refractivity contribution >= 4 is 23.2 Å². The van der Waals surface area contributed by atoms with Gasteiger partial charge in [0.2, 0.25) is 5.91 Å². The average molecular weight is 355 g/mol. The predicted molar refractivity (Wildman–Crippen MR) is 104 cm³/mol. The van der Waals surface area contributed by atoms with Gasteiger partial charge in [-0.3, -0.25) is 9.59 Å². The molecule has 0 radical (unpaired) electrons. The monoisotopic (exact) mass is 355 g/mol. The van der Waals surface area contributed by atoms with E-state index < -0.39 is 0 Å². The molecule has 0 spiro atoms. The van der Waals surface area contributed by atoms with Gasteiger partial charge < -0.3 is 20.7 Å². The Morgan fingerprint density at radius 1 is 0.962 bits per heavy atom. The van der Waals surface area contributed by atoms with E-state index >= 15 is 0 Å². The zero-order chi connectivity index (χ0) is 18.9. The number of carbonyl (C=O) groups is 2. The van der Waals surface area contributed by atoms with E-state index in [0.717, 1.165) is 11.4 Å². The van der Waals surface area contributed by atoms with Gasteiger partial charge in [-0.15, -0.1) is 0 Å². The van der Waals surface area contributed by atoms with Crippen molar-refractivity contribution in [1.29, 1.82) is 0 Å². The number of ether oxygens (including phenoxy) is 1. The first-order valence-corrected chi connectivity index (χ1v) is 8.66. The van der Waals surface area contributed by atoms with Crippen molar-refractivity contribution in [3.8, 4) is 5.75 Å². The lowest BCUT2D eigenvalue weighted by Crippen LogP contribution is -2.23. The van der Waals surface area contributed by atoms with Gasteiger partial charge in [-0.2, -0.15) is 0 Å². The maximum atomic E-state index is 12.0. The van der Waals surface area contributed by atoms with Crippen LogP contribution in [0, 0.1) is 0 Å². The Balaban J connectivity index is 1.82. The van der Waals surface area contributed by atoms with Gasteiger partial charge in [0.05, 0.1) is 12.6 Å². The molecule has 0 atom stereocenters. The standard InChI is InChI=1S/C20H25N3O3/c1-4-21-20(25)15-5-7-16(8-6-15)22-13-19(24)23-17-9-11-18(12-10-17)26-14(2)3/h5-12,14,22H,4,13H2,1-3H3,(H,21,25)(H,23,24). The molecule has 0 fully saturated rings. The highest BCUT2D eigenvalue weighted by Crippen LogP contribution is 2.17. The van der Waals surface area contributed by atoms with E-state index in [9.17, 15) is 9.59 Å². The van der Waals surface area contributed by atoms with Crippen LogP contribution < -0.4 is 20.7 Å². The number of benzene rings is 2. The van der Waals surface area contributed by atoms with E-state index in [1.165, 1.54) is 0 Å². The van der Waals surface area contributed by atoms with Gasteiger partial charge in [0, 0.05) is 23.5 Å². The highest BCUT2D eigenvalue weighted by molar-refractivity contribution is 5.95. The number of nitrogens with one attached hydrogen (secondary N) is 3. The fourth-order valence-corrected chi connectivity index (χ4v) is 2.28. The van der Waals surface area contributed by atoms with Gasteiger partial charge >= 0.3 is 0 Å².